The second kappa shape index (κ2) is 6.38. The number of carbonyl (C=O) groups is 2. The van der Waals surface area contributed by atoms with E-state index in [0.717, 1.165) is 19.4 Å². The fourth-order valence-electron chi connectivity index (χ4n) is 2.58. The maximum atomic E-state index is 12.0. The summed E-state index contributed by atoms with van der Waals surface area (Å²) < 4.78 is 0. The molecule has 2 rings (SSSR count). The van der Waals surface area contributed by atoms with Gasteiger partial charge in [-0.25, -0.2) is 0 Å². The SMILES string of the molecule is CC1NCCCC1NC(=O)C1CC(=O)N(C)C1.Cl. The lowest BCUT2D eigenvalue weighted by Crippen LogP contribution is -2.53. The minimum absolute atomic E-state index is 0. The van der Waals surface area contributed by atoms with Crippen molar-refractivity contribution in [2.75, 3.05) is 20.1 Å². The van der Waals surface area contributed by atoms with E-state index in [-0.39, 0.29) is 36.2 Å². The number of likely N-dealkylation sites (tertiary alicyclic amines) is 1. The first kappa shape index (κ1) is 15.2. The lowest BCUT2D eigenvalue weighted by molar-refractivity contribution is -0.128. The van der Waals surface area contributed by atoms with Crippen LogP contribution in [-0.4, -0.2) is 48.9 Å². The van der Waals surface area contributed by atoms with Crippen LogP contribution in [0, 0.1) is 5.92 Å². The van der Waals surface area contributed by atoms with Crippen molar-refractivity contribution < 1.29 is 9.59 Å². The molecule has 0 bridgehead atoms. The molecular weight excluding hydrogens is 254 g/mol. The molecule has 2 aliphatic rings. The second-order valence-corrected chi connectivity index (χ2v) is 5.18. The van der Waals surface area contributed by atoms with Crippen molar-refractivity contribution in [3.05, 3.63) is 0 Å². The minimum Gasteiger partial charge on any atom is -0.352 e. The third kappa shape index (κ3) is 3.36. The van der Waals surface area contributed by atoms with Gasteiger partial charge in [-0.2, -0.15) is 0 Å². The Morgan fingerprint density at radius 1 is 1.50 bits per heavy atom. The fraction of sp³-hybridized carbons (Fsp3) is 0.833. The van der Waals surface area contributed by atoms with E-state index in [9.17, 15) is 9.59 Å². The van der Waals surface area contributed by atoms with E-state index < -0.39 is 0 Å². The van der Waals surface area contributed by atoms with Crippen LogP contribution < -0.4 is 10.6 Å². The lowest BCUT2D eigenvalue weighted by atomic mass is 9.98. The molecule has 5 nitrogen and oxygen atoms in total. The van der Waals surface area contributed by atoms with Crippen LogP contribution in [0.3, 0.4) is 0 Å². The zero-order valence-electron chi connectivity index (χ0n) is 10.9. The van der Waals surface area contributed by atoms with Crippen LogP contribution >= 0.6 is 12.4 Å². The van der Waals surface area contributed by atoms with Gasteiger partial charge in [0.1, 0.15) is 0 Å². The van der Waals surface area contributed by atoms with Crippen LogP contribution in [0.2, 0.25) is 0 Å². The molecule has 0 aromatic heterocycles. The van der Waals surface area contributed by atoms with Gasteiger partial charge < -0.3 is 15.5 Å². The van der Waals surface area contributed by atoms with Gasteiger partial charge in [0.05, 0.1) is 5.92 Å². The van der Waals surface area contributed by atoms with E-state index in [1.54, 1.807) is 11.9 Å². The molecule has 2 saturated heterocycles. The van der Waals surface area contributed by atoms with Gasteiger partial charge in [-0.15, -0.1) is 12.4 Å². The van der Waals surface area contributed by atoms with Gasteiger partial charge in [0.15, 0.2) is 0 Å². The van der Waals surface area contributed by atoms with Crippen molar-refractivity contribution in [2.45, 2.75) is 38.3 Å². The zero-order chi connectivity index (χ0) is 12.4. The molecule has 0 aromatic carbocycles. The number of hydrogen-bond acceptors (Lipinski definition) is 3. The highest BCUT2D eigenvalue weighted by Crippen LogP contribution is 2.17. The van der Waals surface area contributed by atoms with Crippen molar-refractivity contribution >= 4 is 24.2 Å². The maximum absolute atomic E-state index is 12.0. The molecule has 2 heterocycles. The fourth-order valence-corrected chi connectivity index (χ4v) is 2.58. The summed E-state index contributed by atoms with van der Waals surface area (Å²) in [5.74, 6) is -0.0650. The van der Waals surface area contributed by atoms with Gasteiger partial charge in [0.2, 0.25) is 11.8 Å². The second-order valence-electron chi connectivity index (χ2n) is 5.18. The van der Waals surface area contributed by atoms with E-state index >= 15 is 0 Å². The smallest absolute Gasteiger partial charge is 0.225 e. The summed E-state index contributed by atoms with van der Waals surface area (Å²) >= 11 is 0. The number of carbonyl (C=O) groups excluding carboxylic acids is 2. The van der Waals surface area contributed by atoms with Gasteiger partial charge in [-0.1, -0.05) is 0 Å². The van der Waals surface area contributed by atoms with Gasteiger partial charge in [-0.3, -0.25) is 9.59 Å². The highest BCUT2D eigenvalue weighted by molar-refractivity contribution is 5.89. The average molecular weight is 276 g/mol. The predicted octanol–water partition coefficient (Wildman–Crippen LogP) is 0.143. The summed E-state index contributed by atoms with van der Waals surface area (Å²) in [6.45, 7) is 3.67. The first-order valence-corrected chi connectivity index (χ1v) is 6.35. The van der Waals surface area contributed by atoms with Crippen molar-refractivity contribution in [1.29, 1.82) is 0 Å². The van der Waals surface area contributed by atoms with Crippen LogP contribution in [0.25, 0.3) is 0 Å². The van der Waals surface area contributed by atoms with E-state index in [0.29, 0.717) is 19.0 Å². The van der Waals surface area contributed by atoms with E-state index in [1.807, 2.05) is 0 Å². The van der Waals surface area contributed by atoms with Crippen molar-refractivity contribution in [1.82, 2.24) is 15.5 Å². The van der Waals surface area contributed by atoms with E-state index in [4.69, 9.17) is 0 Å². The molecule has 2 aliphatic heterocycles. The highest BCUT2D eigenvalue weighted by Gasteiger charge is 2.34. The summed E-state index contributed by atoms with van der Waals surface area (Å²) in [4.78, 5) is 25.0. The first-order chi connectivity index (χ1) is 8.08. The van der Waals surface area contributed by atoms with Crippen molar-refractivity contribution in [3.8, 4) is 0 Å². The zero-order valence-corrected chi connectivity index (χ0v) is 11.8. The van der Waals surface area contributed by atoms with Crippen molar-refractivity contribution in [3.63, 3.8) is 0 Å². The lowest BCUT2D eigenvalue weighted by Gasteiger charge is -2.31. The molecule has 18 heavy (non-hydrogen) atoms. The Morgan fingerprint density at radius 2 is 2.22 bits per heavy atom. The van der Waals surface area contributed by atoms with Gasteiger partial charge in [0.25, 0.3) is 0 Å². The largest absolute Gasteiger partial charge is 0.352 e. The van der Waals surface area contributed by atoms with Gasteiger partial charge >= 0.3 is 0 Å². The monoisotopic (exact) mass is 275 g/mol. The van der Waals surface area contributed by atoms with E-state index in [1.165, 1.54) is 0 Å². The maximum Gasteiger partial charge on any atom is 0.225 e. The summed E-state index contributed by atoms with van der Waals surface area (Å²) in [7, 11) is 1.75. The Kier molecular flexibility index (Phi) is 5.41. The molecule has 2 N–H and O–H groups in total. The quantitative estimate of drug-likeness (QED) is 0.754. The standard InChI is InChI=1S/C12H21N3O2.ClH/c1-8-10(4-3-5-13-8)14-12(17)9-6-11(16)15(2)7-9;/h8-10,13H,3-7H2,1-2H3,(H,14,17);1H. The molecule has 6 heteroatoms. The van der Waals surface area contributed by atoms with E-state index in [2.05, 4.69) is 17.6 Å². The van der Waals surface area contributed by atoms with Crippen LogP contribution in [0.1, 0.15) is 26.2 Å². The molecule has 3 unspecified atom stereocenters. The molecular formula is C12H22ClN3O2. The Balaban J connectivity index is 0.00000162. The average Bonchev–Trinajstić information content (AvgIpc) is 2.63. The topological polar surface area (TPSA) is 61.4 Å². The molecule has 0 aromatic rings. The van der Waals surface area contributed by atoms with Crippen LogP contribution in [0.5, 0.6) is 0 Å². The molecule has 2 amide bonds. The number of halogens is 1. The van der Waals surface area contributed by atoms with Gasteiger partial charge in [-0.05, 0) is 26.3 Å². The summed E-state index contributed by atoms with van der Waals surface area (Å²) in [6, 6.07) is 0.528. The van der Waals surface area contributed by atoms with Crippen LogP contribution in [0.4, 0.5) is 0 Å². The number of nitrogens with one attached hydrogen (secondary N) is 2. The molecule has 104 valence electrons. The Hall–Kier alpha value is -0.810. The highest BCUT2D eigenvalue weighted by atomic mass is 35.5. The molecule has 3 atom stereocenters. The summed E-state index contributed by atoms with van der Waals surface area (Å²) in [5.41, 5.74) is 0. The molecule has 0 aliphatic carbocycles. The Labute approximate surface area is 114 Å². The normalized spacial score (nSPS) is 32.0. The van der Waals surface area contributed by atoms with Crippen molar-refractivity contribution in [2.24, 2.45) is 5.92 Å². The number of amides is 2. The Morgan fingerprint density at radius 3 is 2.78 bits per heavy atom. The third-order valence-corrected chi connectivity index (χ3v) is 3.80. The number of rotatable bonds is 2. The molecule has 2 fully saturated rings. The summed E-state index contributed by atoms with van der Waals surface area (Å²) in [6.07, 6.45) is 2.48. The number of piperidine rings is 1. The predicted molar refractivity (Wildman–Crippen MR) is 71.6 cm³/mol. The van der Waals surface area contributed by atoms with Gasteiger partial charge in [0, 0.05) is 32.1 Å². The summed E-state index contributed by atoms with van der Waals surface area (Å²) in [5, 5.41) is 6.42. The number of hydrogen-bond donors (Lipinski definition) is 2. The minimum atomic E-state index is -0.165. The Bertz CT molecular complexity index is 324. The van der Waals surface area contributed by atoms with Crippen LogP contribution in [0.15, 0.2) is 0 Å². The molecule has 0 radical (unpaired) electrons. The molecule has 0 saturated carbocycles. The molecule has 0 spiro atoms. The first-order valence-electron chi connectivity index (χ1n) is 6.35. The number of nitrogens with zero attached hydrogens (tertiary/aromatic N) is 1. The van der Waals surface area contributed by atoms with Crippen LogP contribution in [-0.2, 0) is 9.59 Å². The third-order valence-electron chi connectivity index (χ3n) is 3.80.